The van der Waals surface area contributed by atoms with Crippen molar-refractivity contribution in [2.45, 2.75) is 13.0 Å². The first-order valence-electron chi connectivity index (χ1n) is 8.93. The Labute approximate surface area is 147 Å². The Balaban J connectivity index is 1.51. The fourth-order valence-corrected chi connectivity index (χ4v) is 4.02. The van der Waals surface area contributed by atoms with Crippen molar-refractivity contribution < 1.29 is 14.3 Å². The van der Waals surface area contributed by atoms with E-state index in [1.807, 2.05) is 29.2 Å². The second-order valence-electron chi connectivity index (χ2n) is 7.04. The van der Waals surface area contributed by atoms with Gasteiger partial charge in [-0.2, -0.15) is 0 Å². The van der Waals surface area contributed by atoms with Crippen molar-refractivity contribution in [3.63, 3.8) is 0 Å². The van der Waals surface area contributed by atoms with E-state index in [2.05, 4.69) is 16.8 Å². The van der Waals surface area contributed by atoms with Gasteiger partial charge in [0.05, 0.1) is 20.3 Å². The van der Waals surface area contributed by atoms with Crippen LogP contribution in [0.15, 0.2) is 24.3 Å². The molecule has 2 atom stereocenters. The van der Waals surface area contributed by atoms with Gasteiger partial charge in [0.1, 0.15) is 11.4 Å². The molecule has 2 aromatic rings. The van der Waals surface area contributed by atoms with Crippen molar-refractivity contribution in [2.75, 3.05) is 46.5 Å². The number of morpholine rings is 1. The van der Waals surface area contributed by atoms with Crippen LogP contribution in [-0.2, 0) is 4.74 Å². The van der Waals surface area contributed by atoms with Gasteiger partial charge in [-0.3, -0.25) is 9.69 Å². The molecule has 25 heavy (non-hydrogen) atoms. The summed E-state index contributed by atoms with van der Waals surface area (Å²) in [5, 5.41) is 1.03. The van der Waals surface area contributed by atoms with E-state index in [1.165, 1.54) is 0 Å². The molecular weight excluding hydrogens is 318 g/mol. The van der Waals surface area contributed by atoms with E-state index >= 15 is 0 Å². The van der Waals surface area contributed by atoms with Crippen LogP contribution < -0.4 is 4.74 Å². The van der Waals surface area contributed by atoms with Gasteiger partial charge in [0.25, 0.3) is 5.91 Å². The lowest BCUT2D eigenvalue weighted by Gasteiger charge is -2.33. The minimum atomic E-state index is 0.0813. The number of ether oxygens (including phenoxy) is 2. The number of carbonyl (C=O) groups excluding carboxylic acids is 1. The smallest absolute Gasteiger partial charge is 0.270 e. The number of likely N-dealkylation sites (tertiary alicyclic amines) is 1. The highest BCUT2D eigenvalue weighted by Crippen LogP contribution is 2.26. The lowest BCUT2D eigenvalue weighted by atomic mass is 10.0. The lowest BCUT2D eigenvalue weighted by Crippen LogP contribution is -2.47. The summed E-state index contributed by atoms with van der Waals surface area (Å²) in [6.45, 7) is 7.34. The van der Waals surface area contributed by atoms with Crippen molar-refractivity contribution in [1.82, 2.24) is 14.8 Å². The highest BCUT2D eigenvalue weighted by atomic mass is 16.5. The van der Waals surface area contributed by atoms with Crippen LogP contribution in [0.2, 0.25) is 0 Å². The number of amides is 1. The largest absolute Gasteiger partial charge is 0.497 e. The zero-order chi connectivity index (χ0) is 17.4. The third kappa shape index (κ3) is 3.12. The molecule has 134 valence electrons. The van der Waals surface area contributed by atoms with E-state index in [4.69, 9.17) is 9.47 Å². The van der Waals surface area contributed by atoms with Crippen molar-refractivity contribution in [3.8, 4) is 5.75 Å². The Kier molecular flexibility index (Phi) is 4.39. The fraction of sp³-hybridized carbons (Fsp3) is 0.526. The van der Waals surface area contributed by atoms with Gasteiger partial charge in [-0.05, 0) is 24.1 Å². The SMILES string of the molecule is COc1ccc2cc(C(=O)N3CC(C)C(N4CCOCC4)C3)[nH]c2c1. The summed E-state index contributed by atoms with van der Waals surface area (Å²) < 4.78 is 10.7. The molecule has 2 fully saturated rings. The van der Waals surface area contributed by atoms with Crippen molar-refractivity contribution >= 4 is 16.8 Å². The van der Waals surface area contributed by atoms with Gasteiger partial charge in [0.2, 0.25) is 0 Å². The van der Waals surface area contributed by atoms with Crippen molar-refractivity contribution in [1.29, 1.82) is 0 Å². The van der Waals surface area contributed by atoms with E-state index in [0.717, 1.165) is 56.0 Å². The minimum Gasteiger partial charge on any atom is -0.497 e. The third-order valence-corrected chi connectivity index (χ3v) is 5.43. The summed E-state index contributed by atoms with van der Waals surface area (Å²) in [7, 11) is 1.65. The maximum absolute atomic E-state index is 13.0. The van der Waals surface area contributed by atoms with Crippen LogP contribution in [-0.4, -0.2) is 73.2 Å². The van der Waals surface area contributed by atoms with E-state index in [1.54, 1.807) is 7.11 Å². The minimum absolute atomic E-state index is 0.0813. The van der Waals surface area contributed by atoms with E-state index in [-0.39, 0.29) is 5.91 Å². The summed E-state index contributed by atoms with van der Waals surface area (Å²) in [4.78, 5) is 20.7. The van der Waals surface area contributed by atoms with Gasteiger partial charge in [-0.15, -0.1) is 0 Å². The molecule has 0 aliphatic carbocycles. The normalized spacial score (nSPS) is 24.8. The standard InChI is InChI=1S/C19H25N3O3/c1-13-11-22(12-18(13)21-5-7-25-8-6-21)19(23)17-9-14-3-4-15(24-2)10-16(14)20-17/h3-4,9-10,13,18,20H,5-8,11-12H2,1-2H3. The summed E-state index contributed by atoms with van der Waals surface area (Å²) in [6, 6.07) is 8.18. The summed E-state index contributed by atoms with van der Waals surface area (Å²) >= 11 is 0. The van der Waals surface area contributed by atoms with Gasteiger partial charge >= 0.3 is 0 Å². The molecule has 1 aromatic carbocycles. The predicted octanol–water partition coefficient (Wildman–Crippen LogP) is 1.97. The van der Waals surface area contributed by atoms with Gasteiger partial charge in [0.15, 0.2) is 0 Å². The van der Waals surface area contributed by atoms with Gasteiger partial charge < -0.3 is 19.4 Å². The molecule has 3 heterocycles. The molecular formula is C19H25N3O3. The van der Waals surface area contributed by atoms with Crippen LogP contribution in [0.3, 0.4) is 0 Å². The van der Waals surface area contributed by atoms with E-state index in [0.29, 0.717) is 17.7 Å². The second kappa shape index (κ2) is 6.69. The monoisotopic (exact) mass is 343 g/mol. The summed E-state index contributed by atoms with van der Waals surface area (Å²) in [6.07, 6.45) is 0. The first-order chi connectivity index (χ1) is 12.2. The van der Waals surface area contributed by atoms with Gasteiger partial charge in [-0.25, -0.2) is 0 Å². The molecule has 2 saturated heterocycles. The number of hydrogen-bond acceptors (Lipinski definition) is 4. The van der Waals surface area contributed by atoms with Crippen LogP contribution in [0.4, 0.5) is 0 Å². The highest BCUT2D eigenvalue weighted by molar-refractivity contribution is 5.98. The number of aromatic nitrogens is 1. The molecule has 2 unspecified atom stereocenters. The van der Waals surface area contributed by atoms with Crippen molar-refractivity contribution in [2.24, 2.45) is 5.92 Å². The van der Waals surface area contributed by atoms with E-state index in [9.17, 15) is 4.79 Å². The summed E-state index contributed by atoms with van der Waals surface area (Å²) in [5.41, 5.74) is 1.58. The number of benzene rings is 1. The lowest BCUT2D eigenvalue weighted by molar-refractivity contribution is 0.0119. The first-order valence-corrected chi connectivity index (χ1v) is 8.93. The Morgan fingerprint density at radius 3 is 2.80 bits per heavy atom. The number of hydrogen-bond donors (Lipinski definition) is 1. The van der Waals surface area contributed by atoms with Crippen molar-refractivity contribution in [3.05, 3.63) is 30.0 Å². The average molecular weight is 343 g/mol. The van der Waals surface area contributed by atoms with Crippen LogP contribution >= 0.6 is 0 Å². The van der Waals surface area contributed by atoms with Crippen LogP contribution in [0.5, 0.6) is 5.75 Å². The third-order valence-electron chi connectivity index (χ3n) is 5.43. The maximum atomic E-state index is 13.0. The van der Waals surface area contributed by atoms with E-state index < -0.39 is 0 Å². The maximum Gasteiger partial charge on any atom is 0.270 e. The number of carbonyl (C=O) groups is 1. The molecule has 0 radical (unpaired) electrons. The van der Waals surface area contributed by atoms with Gasteiger partial charge in [-0.1, -0.05) is 6.92 Å². The second-order valence-corrected chi connectivity index (χ2v) is 7.04. The Bertz CT molecular complexity index is 766. The number of nitrogens with one attached hydrogen (secondary N) is 1. The van der Waals surface area contributed by atoms with Crippen LogP contribution in [0, 0.1) is 5.92 Å². The number of fused-ring (bicyclic) bond motifs is 1. The fourth-order valence-electron chi connectivity index (χ4n) is 4.02. The topological polar surface area (TPSA) is 57.8 Å². The Hall–Kier alpha value is -2.05. The summed E-state index contributed by atoms with van der Waals surface area (Å²) in [5.74, 6) is 1.35. The number of methoxy groups -OCH3 is 1. The highest BCUT2D eigenvalue weighted by Gasteiger charge is 2.37. The molecule has 1 amide bonds. The number of nitrogens with zero attached hydrogens (tertiary/aromatic N) is 2. The zero-order valence-corrected chi connectivity index (χ0v) is 14.8. The molecule has 2 aliphatic heterocycles. The average Bonchev–Trinajstić information content (AvgIpc) is 3.24. The zero-order valence-electron chi connectivity index (χ0n) is 14.8. The molecule has 6 nitrogen and oxygen atoms in total. The van der Waals surface area contributed by atoms with Gasteiger partial charge in [0, 0.05) is 49.2 Å². The number of rotatable bonds is 3. The molecule has 0 bridgehead atoms. The molecule has 6 heteroatoms. The van der Waals surface area contributed by atoms with Crippen LogP contribution in [0.25, 0.3) is 10.9 Å². The van der Waals surface area contributed by atoms with Crippen LogP contribution in [0.1, 0.15) is 17.4 Å². The molecule has 1 N–H and O–H groups in total. The molecule has 0 saturated carbocycles. The molecule has 2 aliphatic rings. The predicted molar refractivity (Wildman–Crippen MR) is 96.1 cm³/mol. The molecule has 4 rings (SSSR count). The molecule has 1 aromatic heterocycles. The number of H-pyrrole nitrogens is 1. The Morgan fingerprint density at radius 2 is 2.04 bits per heavy atom. The number of aromatic amines is 1. The Morgan fingerprint density at radius 1 is 1.24 bits per heavy atom. The quantitative estimate of drug-likeness (QED) is 0.926. The molecule has 0 spiro atoms. The first kappa shape index (κ1) is 16.4.